The van der Waals surface area contributed by atoms with Crippen LogP contribution >= 0.6 is 0 Å². The van der Waals surface area contributed by atoms with Gasteiger partial charge >= 0.3 is 0 Å². The van der Waals surface area contributed by atoms with E-state index in [1.807, 2.05) is 77.7 Å². The van der Waals surface area contributed by atoms with Gasteiger partial charge in [-0.3, -0.25) is 14.5 Å². The van der Waals surface area contributed by atoms with Gasteiger partial charge < -0.3 is 24.2 Å². The molecule has 1 spiro atoms. The molecule has 4 aromatic rings. The third-order valence-electron chi connectivity index (χ3n) is 11.1. The molecule has 0 radical (unpaired) electrons. The number of carbonyl (C=O) groups excluding carboxylic acids is 2. The molecule has 1 N–H and O–H groups in total. The first-order valence-corrected chi connectivity index (χ1v) is 20.1. The van der Waals surface area contributed by atoms with Gasteiger partial charge in [-0.1, -0.05) is 67.7 Å². The Bertz CT molecular complexity index is 1890. The number of hydrogen-bond acceptors (Lipinski definition) is 6. The number of hydrogen-bond donors (Lipinski definition) is 1. The zero-order chi connectivity index (χ0) is 34.5. The van der Waals surface area contributed by atoms with Crippen molar-refractivity contribution < 1.29 is 28.9 Å². The third kappa shape index (κ3) is 5.35. The van der Waals surface area contributed by atoms with Gasteiger partial charge in [0.05, 0.1) is 46.3 Å². The highest BCUT2D eigenvalue weighted by Crippen LogP contribution is 2.60. The quantitative estimate of drug-likeness (QED) is 0.205. The SMILES string of the molecule is COc1ccc([Si](C)(C)[C@@H]2[C@@H](CCO)O[C@]3(C(=O)N(Cc4cccc(N5C(=O)CCc6ccccc65)c4)c4ccc(OC)cc43)[C@H]2C)cc1. The van der Waals surface area contributed by atoms with Gasteiger partial charge in [0.25, 0.3) is 5.91 Å². The molecule has 49 heavy (non-hydrogen) atoms. The van der Waals surface area contributed by atoms with Crippen molar-refractivity contribution in [1.82, 2.24) is 0 Å². The van der Waals surface area contributed by atoms with E-state index >= 15 is 4.79 Å². The van der Waals surface area contributed by atoms with Crippen molar-refractivity contribution in [2.24, 2.45) is 5.92 Å². The second-order valence-corrected chi connectivity index (χ2v) is 18.7. The van der Waals surface area contributed by atoms with Crippen molar-refractivity contribution >= 4 is 42.1 Å². The van der Waals surface area contributed by atoms with Crippen LogP contribution in [-0.4, -0.2) is 51.9 Å². The number of rotatable bonds is 9. The Morgan fingerprint density at radius 2 is 1.61 bits per heavy atom. The number of anilines is 3. The lowest BCUT2D eigenvalue weighted by Crippen LogP contribution is -2.51. The predicted octanol–water partition coefficient (Wildman–Crippen LogP) is 6.46. The molecule has 3 aliphatic heterocycles. The Morgan fingerprint density at radius 3 is 2.35 bits per heavy atom. The first-order valence-electron chi connectivity index (χ1n) is 17.1. The van der Waals surface area contributed by atoms with E-state index in [1.54, 1.807) is 19.1 Å². The maximum atomic E-state index is 15.1. The Hall–Kier alpha value is -4.44. The van der Waals surface area contributed by atoms with Crippen LogP contribution < -0.4 is 24.5 Å². The van der Waals surface area contributed by atoms with Crippen LogP contribution in [0, 0.1) is 5.92 Å². The molecule has 0 unspecified atom stereocenters. The minimum Gasteiger partial charge on any atom is -0.497 e. The lowest BCUT2D eigenvalue weighted by molar-refractivity contribution is -0.146. The molecule has 0 aliphatic carbocycles. The molecule has 2 amide bonds. The van der Waals surface area contributed by atoms with Crippen LogP contribution in [0.5, 0.6) is 11.5 Å². The van der Waals surface area contributed by atoms with E-state index in [2.05, 4.69) is 38.2 Å². The van der Waals surface area contributed by atoms with Gasteiger partial charge in [0.2, 0.25) is 5.91 Å². The van der Waals surface area contributed by atoms with Crippen molar-refractivity contribution in [3.8, 4) is 11.5 Å². The maximum absolute atomic E-state index is 15.1. The Kier molecular flexibility index (Phi) is 8.63. The second-order valence-electron chi connectivity index (χ2n) is 14.0. The van der Waals surface area contributed by atoms with Crippen LogP contribution in [-0.2, 0) is 32.9 Å². The van der Waals surface area contributed by atoms with E-state index in [-0.39, 0.29) is 36.0 Å². The van der Waals surface area contributed by atoms with Crippen LogP contribution in [0.1, 0.15) is 36.5 Å². The van der Waals surface area contributed by atoms with E-state index < -0.39 is 13.7 Å². The molecular weight excluding hydrogens is 633 g/mol. The zero-order valence-electron chi connectivity index (χ0n) is 28.8. The molecular formula is C40H44N2O6Si. The average molecular weight is 677 g/mol. The lowest BCUT2D eigenvalue weighted by atomic mass is 9.82. The van der Waals surface area contributed by atoms with Crippen LogP contribution in [0.25, 0.3) is 0 Å². The summed E-state index contributed by atoms with van der Waals surface area (Å²) in [5.41, 5.74) is 4.11. The molecule has 254 valence electrons. The molecule has 7 rings (SSSR count). The lowest BCUT2D eigenvalue weighted by Gasteiger charge is -2.37. The molecule has 0 bridgehead atoms. The molecule has 0 aromatic heterocycles. The topological polar surface area (TPSA) is 88.5 Å². The molecule has 1 fully saturated rings. The minimum atomic E-state index is -2.30. The summed E-state index contributed by atoms with van der Waals surface area (Å²) in [5, 5.41) is 11.5. The monoisotopic (exact) mass is 676 g/mol. The predicted molar refractivity (Wildman–Crippen MR) is 194 cm³/mol. The van der Waals surface area contributed by atoms with Crippen LogP contribution in [0.2, 0.25) is 18.6 Å². The van der Waals surface area contributed by atoms with E-state index in [1.165, 1.54) is 5.19 Å². The van der Waals surface area contributed by atoms with Crippen molar-refractivity contribution in [1.29, 1.82) is 0 Å². The van der Waals surface area contributed by atoms with Crippen molar-refractivity contribution in [2.75, 3.05) is 30.6 Å². The largest absolute Gasteiger partial charge is 0.497 e. The van der Waals surface area contributed by atoms with Gasteiger partial charge in [0, 0.05) is 30.2 Å². The Balaban J connectivity index is 1.28. The smallest absolute Gasteiger partial charge is 0.264 e. The van der Waals surface area contributed by atoms with Gasteiger partial charge in [0.15, 0.2) is 5.60 Å². The summed E-state index contributed by atoms with van der Waals surface area (Å²) in [7, 11) is 0.992. The fourth-order valence-electron chi connectivity index (χ4n) is 8.66. The number of amides is 2. The number of aliphatic hydroxyl groups excluding tert-OH is 1. The van der Waals surface area contributed by atoms with E-state index in [4.69, 9.17) is 14.2 Å². The number of benzene rings is 4. The molecule has 4 atom stereocenters. The highest BCUT2D eigenvalue weighted by molar-refractivity contribution is 6.91. The summed E-state index contributed by atoms with van der Waals surface area (Å²) >= 11 is 0. The number of fused-ring (bicyclic) bond motifs is 3. The average Bonchev–Trinajstić information content (AvgIpc) is 3.54. The van der Waals surface area contributed by atoms with Gasteiger partial charge in [-0.05, 0) is 78.0 Å². The van der Waals surface area contributed by atoms with Crippen molar-refractivity contribution in [3.05, 3.63) is 108 Å². The minimum absolute atomic E-state index is 0.0319. The fourth-order valence-corrected chi connectivity index (χ4v) is 12.7. The number of nitrogens with zero attached hydrogens (tertiary/aromatic N) is 2. The molecule has 9 heteroatoms. The van der Waals surface area contributed by atoms with Gasteiger partial charge in [-0.25, -0.2) is 0 Å². The van der Waals surface area contributed by atoms with E-state index in [9.17, 15) is 9.90 Å². The molecule has 1 saturated heterocycles. The van der Waals surface area contributed by atoms with Crippen molar-refractivity contribution in [2.45, 2.75) is 63.1 Å². The van der Waals surface area contributed by atoms with Gasteiger partial charge in [-0.15, -0.1) is 0 Å². The van der Waals surface area contributed by atoms with Crippen LogP contribution in [0.3, 0.4) is 0 Å². The number of ether oxygens (including phenoxy) is 3. The molecule has 3 aliphatic rings. The fraction of sp³-hybridized carbons (Fsp3) is 0.350. The number of aliphatic hydroxyl groups is 1. The van der Waals surface area contributed by atoms with Gasteiger partial charge in [0.1, 0.15) is 11.5 Å². The summed E-state index contributed by atoms with van der Waals surface area (Å²) in [5.74, 6) is 1.21. The summed E-state index contributed by atoms with van der Waals surface area (Å²) in [6, 6.07) is 30.0. The second kappa shape index (κ2) is 12.8. The summed E-state index contributed by atoms with van der Waals surface area (Å²) in [4.78, 5) is 31.9. The first-order chi connectivity index (χ1) is 23.6. The molecule has 0 saturated carbocycles. The van der Waals surface area contributed by atoms with Crippen LogP contribution in [0.4, 0.5) is 17.1 Å². The van der Waals surface area contributed by atoms with Gasteiger partial charge in [-0.2, -0.15) is 0 Å². The van der Waals surface area contributed by atoms with Crippen LogP contribution in [0.15, 0.2) is 91.0 Å². The zero-order valence-corrected chi connectivity index (χ0v) is 29.8. The number of para-hydroxylation sites is 1. The van der Waals surface area contributed by atoms with E-state index in [0.717, 1.165) is 45.9 Å². The molecule has 4 aromatic carbocycles. The highest BCUT2D eigenvalue weighted by atomic mass is 28.3. The summed E-state index contributed by atoms with van der Waals surface area (Å²) in [6.07, 6.45) is 1.29. The Morgan fingerprint density at radius 1 is 0.878 bits per heavy atom. The maximum Gasteiger partial charge on any atom is 0.264 e. The Labute approximate surface area is 289 Å². The standard InChI is InChI=1S/C40H44N2O6Si/c1-26-38(49(4,5)32-17-14-30(46-2)15-18-32)36(21-22-43)48-40(26)33-24-31(47-3)16-19-35(33)41(39(40)45)25-27-9-8-11-29(23-27)42-34-12-7-6-10-28(34)13-20-37(42)44/h6-12,14-19,23-24,26,36,38,43H,13,20-22,25H2,1-5H3/t26-,36+,38-,40+/m0/s1. The normalized spacial score (nSPS) is 23.2. The molecule has 3 heterocycles. The number of aryl methyl sites for hydroxylation is 1. The highest BCUT2D eigenvalue weighted by Gasteiger charge is 2.66. The van der Waals surface area contributed by atoms with E-state index in [0.29, 0.717) is 25.1 Å². The first kappa shape index (κ1) is 33.1. The number of carbonyl (C=O) groups is 2. The molecule has 8 nitrogen and oxygen atoms in total. The number of methoxy groups -OCH3 is 2. The van der Waals surface area contributed by atoms with Crippen molar-refractivity contribution in [3.63, 3.8) is 0 Å². The summed E-state index contributed by atoms with van der Waals surface area (Å²) in [6.45, 7) is 7.08. The third-order valence-corrected chi connectivity index (χ3v) is 15.4. The summed E-state index contributed by atoms with van der Waals surface area (Å²) < 4.78 is 18.2.